The van der Waals surface area contributed by atoms with Crippen LogP contribution in [0.3, 0.4) is 0 Å². The normalized spacial score (nSPS) is 10.2. The molecule has 2 aromatic rings. The third-order valence-corrected chi connectivity index (χ3v) is 3.87. The highest BCUT2D eigenvalue weighted by molar-refractivity contribution is 5.81. The summed E-state index contributed by atoms with van der Waals surface area (Å²) in [6.45, 7) is 4.67. The van der Waals surface area contributed by atoms with Gasteiger partial charge in [0.05, 0.1) is 13.7 Å². The summed E-state index contributed by atoms with van der Waals surface area (Å²) in [4.78, 5) is 14.4. The lowest BCUT2D eigenvalue weighted by Crippen LogP contribution is -2.16. The first-order valence-electron chi connectivity index (χ1n) is 8.10. The molecule has 0 spiro atoms. The van der Waals surface area contributed by atoms with Gasteiger partial charge in [0.15, 0.2) is 11.5 Å². The van der Waals surface area contributed by atoms with Crippen molar-refractivity contribution in [2.45, 2.75) is 20.3 Å². The SMILES string of the molecule is COc1ccc(-c2c(C#N)c(N)[nH]c(=O)c2C#N)cc1OCCC(C)C. The van der Waals surface area contributed by atoms with Gasteiger partial charge in [-0.15, -0.1) is 0 Å². The summed E-state index contributed by atoms with van der Waals surface area (Å²) >= 11 is 0. The molecule has 0 atom stereocenters. The van der Waals surface area contributed by atoms with Crippen LogP contribution in [0.5, 0.6) is 11.5 Å². The average molecular weight is 352 g/mol. The van der Waals surface area contributed by atoms with Crippen molar-refractivity contribution in [1.82, 2.24) is 4.98 Å². The molecule has 0 bridgehead atoms. The molecule has 0 radical (unpaired) electrons. The number of hydrogen-bond acceptors (Lipinski definition) is 6. The number of ether oxygens (including phenoxy) is 2. The number of rotatable bonds is 6. The zero-order valence-corrected chi connectivity index (χ0v) is 14.9. The van der Waals surface area contributed by atoms with Crippen molar-refractivity contribution in [3.63, 3.8) is 0 Å². The molecule has 1 aromatic heterocycles. The lowest BCUT2D eigenvalue weighted by Gasteiger charge is -2.14. The van der Waals surface area contributed by atoms with Gasteiger partial charge in [0, 0.05) is 5.56 Å². The maximum absolute atomic E-state index is 12.1. The molecule has 7 heteroatoms. The van der Waals surface area contributed by atoms with E-state index in [1.165, 1.54) is 7.11 Å². The number of aromatic nitrogens is 1. The average Bonchev–Trinajstić information content (AvgIpc) is 2.60. The fourth-order valence-electron chi connectivity index (χ4n) is 2.48. The van der Waals surface area contributed by atoms with Crippen molar-refractivity contribution >= 4 is 5.82 Å². The number of nitriles is 2. The van der Waals surface area contributed by atoms with Gasteiger partial charge < -0.3 is 20.2 Å². The number of benzene rings is 1. The summed E-state index contributed by atoms with van der Waals surface area (Å²) < 4.78 is 11.1. The van der Waals surface area contributed by atoms with E-state index in [9.17, 15) is 15.3 Å². The van der Waals surface area contributed by atoms with Crippen molar-refractivity contribution in [3.05, 3.63) is 39.7 Å². The predicted molar refractivity (Wildman–Crippen MR) is 97.8 cm³/mol. The first kappa shape index (κ1) is 18.9. The van der Waals surface area contributed by atoms with Crippen LogP contribution in [-0.4, -0.2) is 18.7 Å². The van der Waals surface area contributed by atoms with E-state index in [1.807, 2.05) is 12.1 Å². The molecule has 7 nitrogen and oxygen atoms in total. The van der Waals surface area contributed by atoms with Crippen LogP contribution >= 0.6 is 0 Å². The topological polar surface area (TPSA) is 125 Å². The summed E-state index contributed by atoms with van der Waals surface area (Å²) in [7, 11) is 1.52. The number of H-pyrrole nitrogens is 1. The molecule has 0 saturated heterocycles. The van der Waals surface area contributed by atoms with Crippen molar-refractivity contribution in [1.29, 1.82) is 10.5 Å². The fourth-order valence-corrected chi connectivity index (χ4v) is 2.48. The minimum Gasteiger partial charge on any atom is -0.493 e. The van der Waals surface area contributed by atoms with Crippen molar-refractivity contribution < 1.29 is 9.47 Å². The molecule has 1 heterocycles. The van der Waals surface area contributed by atoms with Gasteiger partial charge >= 0.3 is 0 Å². The van der Waals surface area contributed by atoms with E-state index in [0.29, 0.717) is 29.6 Å². The lowest BCUT2D eigenvalue weighted by molar-refractivity contribution is 0.273. The van der Waals surface area contributed by atoms with Crippen LogP contribution in [0.25, 0.3) is 11.1 Å². The lowest BCUT2D eigenvalue weighted by atomic mass is 9.96. The Morgan fingerprint density at radius 2 is 1.88 bits per heavy atom. The number of aromatic amines is 1. The Labute approximate surface area is 151 Å². The second kappa shape index (κ2) is 8.09. The highest BCUT2D eigenvalue weighted by Gasteiger charge is 2.19. The molecule has 134 valence electrons. The second-order valence-electron chi connectivity index (χ2n) is 6.11. The van der Waals surface area contributed by atoms with E-state index < -0.39 is 5.56 Å². The van der Waals surface area contributed by atoms with Gasteiger partial charge in [-0.2, -0.15) is 10.5 Å². The molecule has 0 unspecified atom stereocenters. The van der Waals surface area contributed by atoms with Crippen LogP contribution in [-0.2, 0) is 0 Å². The minimum absolute atomic E-state index is 0.0412. The van der Waals surface area contributed by atoms with Gasteiger partial charge in [0.25, 0.3) is 5.56 Å². The highest BCUT2D eigenvalue weighted by atomic mass is 16.5. The molecule has 0 aliphatic carbocycles. The van der Waals surface area contributed by atoms with Crippen molar-refractivity contribution in [2.24, 2.45) is 5.92 Å². The quantitative estimate of drug-likeness (QED) is 0.823. The Bertz CT molecular complexity index is 949. The molecular formula is C19H20N4O3. The van der Waals surface area contributed by atoms with Crippen LogP contribution in [0, 0.1) is 28.6 Å². The maximum Gasteiger partial charge on any atom is 0.268 e. The summed E-state index contributed by atoms with van der Waals surface area (Å²) in [5.74, 6) is 1.39. The molecule has 0 aliphatic heterocycles. The summed E-state index contributed by atoms with van der Waals surface area (Å²) in [6.07, 6.45) is 0.859. The Morgan fingerprint density at radius 3 is 2.46 bits per heavy atom. The van der Waals surface area contributed by atoms with E-state index in [2.05, 4.69) is 18.8 Å². The maximum atomic E-state index is 12.1. The second-order valence-corrected chi connectivity index (χ2v) is 6.11. The van der Waals surface area contributed by atoms with Gasteiger partial charge in [0.1, 0.15) is 29.1 Å². The van der Waals surface area contributed by atoms with Gasteiger partial charge in [-0.05, 0) is 30.0 Å². The summed E-state index contributed by atoms with van der Waals surface area (Å²) in [5, 5.41) is 18.8. The number of anilines is 1. The van der Waals surface area contributed by atoms with Crippen molar-refractivity contribution in [2.75, 3.05) is 19.5 Å². The van der Waals surface area contributed by atoms with Crippen LogP contribution in [0.15, 0.2) is 23.0 Å². The van der Waals surface area contributed by atoms with Crippen LogP contribution in [0.4, 0.5) is 5.82 Å². The standard InChI is InChI=1S/C19H20N4O3/c1-11(2)6-7-26-16-8-12(4-5-15(16)25-3)17-13(9-20)18(22)23-19(24)14(17)10-21/h4-5,8,11H,6-7H2,1-3H3,(H3,22,23,24). The first-order valence-corrected chi connectivity index (χ1v) is 8.10. The van der Waals surface area contributed by atoms with Gasteiger partial charge in [0.2, 0.25) is 0 Å². The van der Waals surface area contributed by atoms with Crippen molar-refractivity contribution in [3.8, 4) is 34.8 Å². The molecule has 26 heavy (non-hydrogen) atoms. The molecule has 0 fully saturated rings. The largest absolute Gasteiger partial charge is 0.493 e. The van der Waals surface area contributed by atoms with Crippen LogP contribution < -0.4 is 20.8 Å². The third-order valence-electron chi connectivity index (χ3n) is 3.87. The number of hydrogen-bond donors (Lipinski definition) is 2. The van der Waals surface area contributed by atoms with E-state index in [1.54, 1.807) is 18.2 Å². The van der Waals surface area contributed by atoms with Gasteiger partial charge in [-0.3, -0.25) is 4.79 Å². The van der Waals surface area contributed by atoms with Crippen LogP contribution in [0.1, 0.15) is 31.4 Å². The van der Waals surface area contributed by atoms with Gasteiger partial charge in [-0.25, -0.2) is 0 Å². The van der Waals surface area contributed by atoms with E-state index in [-0.39, 0.29) is 22.5 Å². The van der Waals surface area contributed by atoms with Gasteiger partial charge in [-0.1, -0.05) is 19.9 Å². The minimum atomic E-state index is -0.642. The molecule has 1 aromatic carbocycles. The zero-order chi connectivity index (χ0) is 19.3. The molecule has 3 N–H and O–H groups in total. The Kier molecular flexibility index (Phi) is 5.87. The summed E-state index contributed by atoms with van der Waals surface area (Å²) in [5.41, 5.74) is 5.66. The van der Waals surface area contributed by atoms with E-state index in [0.717, 1.165) is 6.42 Å². The third kappa shape index (κ3) is 3.79. The monoisotopic (exact) mass is 352 g/mol. The molecule has 0 saturated carbocycles. The van der Waals surface area contributed by atoms with E-state index >= 15 is 0 Å². The number of pyridine rings is 1. The van der Waals surface area contributed by atoms with E-state index in [4.69, 9.17) is 15.2 Å². The van der Waals surface area contributed by atoms with Crippen LogP contribution in [0.2, 0.25) is 0 Å². The predicted octanol–water partition coefficient (Wildman–Crippen LogP) is 2.80. The highest BCUT2D eigenvalue weighted by Crippen LogP contribution is 2.35. The number of nitrogen functional groups attached to an aromatic ring is 1. The number of methoxy groups -OCH3 is 1. The molecule has 0 amide bonds. The number of nitrogens with one attached hydrogen (secondary N) is 1. The molecule has 2 rings (SSSR count). The smallest absolute Gasteiger partial charge is 0.268 e. The zero-order valence-electron chi connectivity index (χ0n) is 14.9. The summed E-state index contributed by atoms with van der Waals surface area (Å²) in [6, 6.07) is 8.77. The Balaban J connectivity index is 2.61. The molecular weight excluding hydrogens is 332 g/mol. The fraction of sp³-hybridized carbons (Fsp3) is 0.316. The Morgan fingerprint density at radius 1 is 1.19 bits per heavy atom. The molecule has 0 aliphatic rings. The number of nitrogens with two attached hydrogens (primary N) is 1. The Hall–Kier alpha value is -3.45. The first-order chi connectivity index (χ1) is 12.4. The number of nitrogens with zero attached hydrogens (tertiary/aromatic N) is 2.